The van der Waals surface area contributed by atoms with Crippen LogP contribution in [0, 0.1) is 17.3 Å². The lowest BCUT2D eigenvalue weighted by molar-refractivity contribution is -0.143. The van der Waals surface area contributed by atoms with Crippen LogP contribution in [-0.4, -0.2) is 31.7 Å². The van der Waals surface area contributed by atoms with E-state index in [-0.39, 0.29) is 23.0 Å². The van der Waals surface area contributed by atoms with Gasteiger partial charge in [-0.3, -0.25) is 4.79 Å². The molecule has 2 fully saturated rings. The lowest BCUT2D eigenvalue weighted by Gasteiger charge is -2.45. The maximum atomic E-state index is 12.8. The van der Waals surface area contributed by atoms with Crippen LogP contribution in [0.3, 0.4) is 0 Å². The number of Topliss-reactive ketones (excluding diaryl/α,β-unsaturated/α-hetero) is 1. The number of ketones is 1. The molecular formula is C24H36O4. The number of hydrogen-bond donors (Lipinski definition) is 0. The number of carbonyl (C=O) groups excluding carboxylic acids is 1. The molecule has 4 heteroatoms. The maximum Gasteiger partial charge on any atom is 0.136 e. The highest BCUT2D eigenvalue weighted by Gasteiger charge is 2.54. The quantitative estimate of drug-likeness (QED) is 0.670. The van der Waals surface area contributed by atoms with Gasteiger partial charge in [0.2, 0.25) is 0 Å². The summed E-state index contributed by atoms with van der Waals surface area (Å²) < 4.78 is 17.2. The van der Waals surface area contributed by atoms with E-state index in [1.165, 1.54) is 0 Å². The topological polar surface area (TPSA) is 44.8 Å². The summed E-state index contributed by atoms with van der Waals surface area (Å²) in [5.41, 5.74) is 1.13. The molecule has 0 aliphatic heterocycles. The van der Waals surface area contributed by atoms with E-state index in [0.29, 0.717) is 18.1 Å². The summed E-state index contributed by atoms with van der Waals surface area (Å²) in [5.74, 6) is 2.59. The zero-order chi connectivity index (χ0) is 20.5. The number of hydrogen-bond acceptors (Lipinski definition) is 4. The fourth-order valence-electron chi connectivity index (χ4n) is 5.35. The molecule has 0 bridgehead atoms. The van der Waals surface area contributed by atoms with Crippen LogP contribution in [-0.2, 0) is 16.0 Å². The Labute approximate surface area is 169 Å². The Morgan fingerprint density at radius 1 is 1.07 bits per heavy atom. The summed E-state index contributed by atoms with van der Waals surface area (Å²) in [6.07, 6.45) is 5.80. The minimum Gasteiger partial charge on any atom is -0.497 e. The van der Waals surface area contributed by atoms with E-state index in [4.69, 9.17) is 14.2 Å². The molecular weight excluding hydrogens is 352 g/mol. The zero-order valence-corrected chi connectivity index (χ0v) is 18.3. The van der Waals surface area contributed by atoms with Gasteiger partial charge < -0.3 is 14.2 Å². The minimum atomic E-state index is -0.142. The highest BCUT2D eigenvalue weighted by Crippen LogP contribution is 2.56. The van der Waals surface area contributed by atoms with Crippen LogP contribution in [0.25, 0.3) is 0 Å². The number of methoxy groups -OCH3 is 2. The van der Waals surface area contributed by atoms with Crippen LogP contribution in [0.15, 0.2) is 18.2 Å². The molecule has 0 aromatic heterocycles. The molecule has 4 atom stereocenters. The fraction of sp³-hybridized carbons (Fsp3) is 0.708. The predicted octanol–water partition coefficient (Wildman–Crippen LogP) is 5.22. The van der Waals surface area contributed by atoms with Crippen molar-refractivity contribution in [1.29, 1.82) is 0 Å². The number of ether oxygens (including phenoxy) is 3. The van der Waals surface area contributed by atoms with Crippen molar-refractivity contribution in [2.75, 3.05) is 14.2 Å². The molecule has 2 aliphatic carbocycles. The Balaban J connectivity index is 1.74. The molecule has 1 aromatic carbocycles. The third kappa shape index (κ3) is 4.37. The smallest absolute Gasteiger partial charge is 0.136 e. The van der Waals surface area contributed by atoms with E-state index in [0.717, 1.165) is 49.2 Å². The summed E-state index contributed by atoms with van der Waals surface area (Å²) in [6.45, 7) is 8.75. The van der Waals surface area contributed by atoms with Gasteiger partial charge in [-0.2, -0.15) is 0 Å². The first kappa shape index (κ1) is 21.2. The van der Waals surface area contributed by atoms with E-state index in [2.05, 4.69) is 39.8 Å². The van der Waals surface area contributed by atoms with Gasteiger partial charge in [-0.1, -0.05) is 6.92 Å². The average molecular weight is 389 g/mol. The molecule has 3 rings (SSSR count). The summed E-state index contributed by atoms with van der Waals surface area (Å²) in [7, 11) is 3.34. The first-order valence-electron chi connectivity index (χ1n) is 10.6. The van der Waals surface area contributed by atoms with Gasteiger partial charge in [-0.25, -0.2) is 0 Å². The zero-order valence-electron chi connectivity index (χ0n) is 18.3. The molecule has 0 heterocycles. The van der Waals surface area contributed by atoms with Crippen LogP contribution >= 0.6 is 0 Å². The van der Waals surface area contributed by atoms with Gasteiger partial charge in [-0.15, -0.1) is 0 Å². The van der Waals surface area contributed by atoms with Crippen LogP contribution in [0.4, 0.5) is 0 Å². The molecule has 2 saturated carbocycles. The lowest BCUT2D eigenvalue weighted by atomic mass is 9.62. The molecule has 0 spiro atoms. The number of carbonyl (C=O) groups is 1. The number of fused-ring (bicyclic) bond motifs is 1. The van der Waals surface area contributed by atoms with Crippen molar-refractivity contribution in [3.8, 4) is 11.5 Å². The van der Waals surface area contributed by atoms with Gasteiger partial charge in [0, 0.05) is 18.4 Å². The summed E-state index contributed by atoms with van der Waals surface area (Å²) >= 11 is 0. The lowest BCUT2D eigenvalue weighted by Crippen LogP contribution is -2.46. The fourth-order valence-corrected chi connectivity index (χ4v) is 5.35. The Hall–Kier alpha value is -1.55. The normalized spacial score (nSPS) is 30.2. The Morgan fingerprint density at radius 2 is 1.71 bits per heavy atom. The van der Waals surface area contributed by atoms with Crippen LogP contribution in [0.1, 0.15) is 65.4 Å². The second-order valence-electron chi connectivity index (χ2n) is 9.74. The van der Waals surface area contributed by atoms with E-state index < -0.39 is 0 Å². The van der Waals surface area contributed by atoms with Gasteiger partial charge in [0.1, 0.15) is 17.3 Å². The van der Waals surface area contributed by atoms with E-state index in [9.17, 15) is 4.79 Å². The monoisotopic (exact) mass is 388 g/mol. The van der Waals surface area contributed by atoms with Crippen LogP contribution < -0.4 is 9.47 Å². The van der Waals surface area contributed by atoms with Gasteiger partial charge in [0.15, 0.2) is 0 Å². The second kappa shape index (κ2) is 8.06. The van der Waals surface area contributed by atoms with Gasteiger partial charge >= 0.3 is 0 Å². The molecule has 1 unspecified atom stereocenters. The minimum absolute atomic E-state index is 0.109. The van der Waals surface area contributed by atoms with Crippen LogP contribution in [0.5, 0.6) is 11.5 Å². The van der Waals surface area contributed by atoms with Crippen LogP contribution in [0.2, 0.25) is 0 Å². The van der Waals surface area contributed by atoms with Crippen molar-refractivity contribution in [3.63, 3.8) is 0 Å². The SMILES string of the molecule is COc1cc(CCC2C(=O)CC[C@]3(C)[C@@H](OC(C)(C)C)CC[C@@H]23)cc(OC)c1. The largest absolute Gasteiger partial charge is 0.497 e. The van der Waals surface area contributed by atoms with Crippen molar-refractivity contribution < 1.29 is 19.0 Å². The van der Waals surface area contributed by atoms with E-state index >= 15 is 0 Å². The Kier molecular flexibility index (Phi) is 6.09. The molecule has 28 heavy (non-hydrogen) atoms. The number of aryl methyl sites for hydroxylation is 1. The number of rotatable bonds is 6. The first-order chi connectivity index (χ1) is 13.2. The van der Waals surface area contributed by atoms with Crippen molar-refractivity contribution in [2.45, 2.75) is 77.9 Å². The van der Waals surface area contributed by atoms with E-state index in [1.807, 2.05) is 6.07 Å². The van der Waals surface area contributed by atoms with Crippen molar-refractivity contribution in [2.24, 2.45) is 17.3 Å². The molecule has 0 radical (unpaired) electrons. The molecule has 2 aliphatic rings. The highest BCUT2D eigenvalue weighted by molar-refractivity contribution is 5.82. The summed E-state index contributed by atoms with van der Waals surface area (Å²) in [5, 5.41) is 0. The Morgan fingerprint density at radius 3 is 2.29 bits per heavy atom. The third-order valence-corrected chi connectivity index (χ3v) is 6.78. The highest BCUT2D eigenvalue weighted by atomic mass is 16.5. The molecule has 0 N–H and O–H groups in total. The second-order valence-corrected chi connectivity index (χ2v) is 9.74. The first-order valence-corrected chi connectivity index (χ1v) is 10.6. The molecule has 156 valence electrons. The predicted molar refractivity (Wildman–Crippen MR) is 111 cm³/mol. The average Bonchev–Trinajstić information content (AvgIpc) is 2.96. The van der Waals surface area contributed by atoms with Crippen molar-refractivity contribution in [1.82, 2.24) is 0 Å². The van der Waals surface area contributed by atoms with Crippen molar-refractivity contribution in [3.05, 3.63) is 23.8 Å². The molecule has 4 nitrogen and oxygen atoms in total. The standard InChI is InChI=1S/C24H36O4/c1-23(2,3)28-22-10-9-20-19(21(25)11-12-24(20,22)4)8-7-16-13-17(26-5)15-18(14-16)27-6/h13-15,19-20,22H,7-12H2,1-6H3/t19?,20-,22-,24-/m0/s1. The molecule has 0 saturated heterocycles. The number of benzene rings is 1. The van der Waals surface area contributed by atoms with Crippen molar-refractivity contribution >= 4 is 5.78 Å². The summed E-state index contributed by atoms with van der Waals surface area (Å²) in [6, 6.07) is 5.99. The van der Waals surface area contributed by atoms with Gasteiger partial charge in [-0.05, 0) is 81.9 Å². The maximum absolute atomic E-state index is 12.8. The summed E-state index contributed by atoms with van der Waals surface area (Å²) in [4.78, 5) is 12.8. The molecule has 0 amide bonds. The molecule has 1 aromatic rings. The van der Waals surface area contributed by atoms with E-state index in [1.54, 1.807) is 14.2 Å². The van der Waals surface area contributed by atoms with Gasteiger partial charge in [0.05, 0.1) is 25.9 Å². The van der Waals surface area contributed by atoms with Gasteiger partial charge in [0.25, 0.3) is 0 Å². The Bertz CT molecular complexity index is 683. The third-order valence-electron chi connectivity index (χ3n) is 6.78.